The van der Waals surface area contributed by atoms with Crippen LogP contribution >= 0.6 is 0 Å². The predicted octanol–water partition coefficient (Wildman–Crippen LogP) is 3.21. The highest BCUT2D eigenvalue weighted by Gasteiger charge is 2.26. The van der Waals surface area contributed by atoms with Crippen molar-refractivity contribution < 1.29 is 9.84 Å². The molecule has 0 saturated heterocycles. The van der Waals surface area contributed by atoms with Crippen LogP contribution in [0.1, 0.15) is 38.7 Å². The fourth-order valence-corrected chi connectivity index (χ4v) is 2.12. The van der Waals surface area contributed by atoms with E-state index in [2.05, 4.69) is 26.0 Å². The third kappa shape index (κ3) is 4.14. The van der Waals surface area contributed by atoms with Gasteiger partial charge in [-0.2, -0.15) is 0 Å². The SMILES string of the molecule is CO[C@H](CC(C)C)[C@H](O)[C@@H](C)c1ccccc1. The van der Waals surface area contributed by atoms with Gasteiger partial charge >= 0.3 is 0 Å². The van der Waals surface area contributed by atoms with Gasteiger partial charge in [-0.15, -0.1) is 0 Å². The molecule has 0 bridgehead atoms. The zero-order valence-electron chi connectivity index (χ0n) is 11.3. The fraction of sp³-hybridized carbons (Fsp3) is 0.600. The topological polar surface area (TPSA) is 29.5 Å². The summed E-state index contributed by atoms with van der Waals surface area (Å²) in [7, 11) is 1.67. The lowest BCUT2D eigenvalue weighted by molar-refractivity contribution is -0.0327. The first-order chi connectivity index (χ1) is 8.06. The molecule has 0 saturated carbocycles. The number of aliphatic hydroxyl groups is 1. The molecule has 17 heavy (non-hydrogen) atoms. The number of hydrogen-bond acceptors (Lipinski definition) is 2. The van der Waals surface area contributed by atoms with Gasteiger partial charge in [0.1, 0.15) is 0 Å². The van der Waals surface area contributed by atoms with Crippen molar-refractivity contribution in [2.24, 2.45) is 5.92 Å². The lowest BCUT2D eigenvalue weighted by Crippen LogP contribution is -2.33. The van der Waals surface area contributed by atoms with Crippen LogP contribution in [0, 0.1) is 5.92 Å². The summed E-state index contributed by atoms with van der Waals surface area (Å²) in [6.07, 6.45) is 0.337. The molecule has 0 aliphatic heterocycles. The van der Waals surface area contributed by atoms with Gasteiger partial charge in [-0.25, -0.2) is 0 Å². The van der Waals surface area contributed by atoms with Crippen molar-refractivity contribution in [2.75, 3.05) is 7.11 Å². The molecule has 1 rings (SSSR count). The van der Waals surface area contributed by atoms with E-state index in [1.165, 1.54) is 0 Å². The third-order valence-corrected chi connectivity index (χ3v) is 3.23. The lowest BCUT2D eigenvalue weighted by atomic mass is 9.89. The van der Waals surface area contributed by atoms with Crippen LogP contribution in [0.4, 0.5) is 0 Å². The Morgan fingerprint density at radius 3 is 2.18 bits per heavy atom. The first kappa shape index (κ1) is 14.2. The Hall–Kier alpha value is -0.860. The van der Waals surface area contributed by atoms with Gasteiger partial charge in [0.2, 0.25) is 0 Å². The third-order valence-electron chi connectivity index (χ3n) is 3.23. The van der Waals surface area contributed by atoms with Crippen LogP contribution in [-0.4, -0.2) is 24.4 Å². The Balaban J connectivity index is 2.70. The quantitative estimate of drug-likeness (QED) is 0.822. The second-order valence-electron chi connectivity index (χ2n) is 5.09. The van der Waals surface area contributed by atoms with Gasteiger partial charge in [0, 0.05) is 13.0 Å². The number of rotatable bonds is 6. The minimum absolute atomic E-state index is 0.0924. The number of hydrogen-bond donors (Lipinski definition) is 1. The highest BCUT2D eigenvalue weighted by Crippen LogP contribution is 2.25. The molecule has 0 aliphatic rings. The van der Waals surface area contributed by atoms with Gasteiger partial charge in [-0.05, 0) is 17.9 Å². The summed E-state index contributed by atoms with van der Waals surface area (Å²) < 4.78 is 5.42. The molecule has 0 fully saturated rings. The largest absolute Gasteiger partial charge is 0.390 e. The molecule has 96 valence electrons. The van der Waals surface area contributed by atoms with E-state index in [4.69, 9.17) is 4.74 Å². The van der Waals surface area contributed by atoms with Crippen molar-refractivity contribution in [1.82, 2.24) is 0 Å². The van der Waals surface area contributed by atoms with Gasteiger partial charge in [-0.1, -0.05) is 51.1 Å². The van der Waals surface area contributed by atoms with Crippen LogP contribution in [-0.2, 0) is 4.74 Å². The molecule has 1 N–H and O–H groups in total. The van der Waals surface area contributed by atoms with Crippen molar-refractivity contribution in [3.8, 4) is 0 Å². The molecule has 0 amide bonds. The maximum atomic E-state index is 10.4. The number of methoxy groups -OCH3 is 1. The highest BCUT2D eigenvalue weighted by atomic mass is 16.5. The van der Waals surface area contributed by atoms with E-state index in [1.807, 2.05) is 25.1 Å². The molecule has 0 aromatic heterocycles. The lowest BCUT2D eigenvalue weighted by Gasteiger charge is -2.28. The Morgan fingerprint density at radius 2 is 1.71 bits per heavy atom. The maximum absolute atomic E-state index is 10.4. The Morgan fingerprint density at radius 1 is 1.12 bits per heavy atom. The summed E-state index contributed by atoms with van der Waals surface area (Å²) in [5.41, 5.74) is 1.16. The van der Waals surface area contributed by atoms with Gasteiger partial charge in [0.05, 0.1) is 12.2 Å². The summed E-state index contributed by atoms with van der Waals surface area (Å²) in [6.45, 7) is 6.34. The summed E-state index contributed by atoms with van der Waals surface area (Å²) in [5.74, 6) is 0.623. The normalized spacial score (nSPS) is 16.8. The molecule has 2 heteroatoms. The second kappa shape index (κ2) is 6.77. The predicted molar refractivity (Wildman–Crippen MR) is 71.1 cm³/mol. The maximum Gasteiger partial charge on any atom is 0.0867 e. The smallest absolute Gasteiger partial charge is 0.0867 e. The Bertz CT molecular complexity index is 308. The second-order valence-corrected chi connectivity index (χ2v) is 5.09. The van der Waals surface area contributed by atoms with Crippen molar-refractivity contribution in [1.29, 1.82) is 0 Å². The van der Waals surface area contributed by atoms with Crippen molar-refractivity contribution in [2.45, 2.75) is 45.3 Å². The summed E-state index contributed by atoms with van der Waals surface area (Å²) in [6, 6.07) is 10.1. The molecular formula is C15H24O2. The van der Waals surface area contributed by atoms with Crippen LogP contribution in [0.25, 0.3) is 0 Å². The average molecular weight is 236 g/mol. The Kier molecular flexibility index (Phi) is 5.66. The summed E-state index contributed by atoms with van der Waals surface area (Å²) in [5, 5.41) is 10.4. The van der Waals surface area contributed by atoms with E-state index >= 15 is 0 Å². The first-order valence-electron chi connectivity index (χ1n) is 6.32. The zero-order chi connectivity index (χ0) is 12.8. The fourth-order valence-electron chi connectivity index (χ4n) is 2.12. The van der Waals surface area contributed by atoms with Crippen LogP contribution < -0.4 is 0 Å². The first-order valence-corrected chi connectivity index (χ1v) is 6.32. The van der Waals surface area contributed by atoms with E-state index in [9.17, 15) is 5.11 Å². The van der Waals surface area contributed by atoms with Crippen LogP contribution in [0.15, 0.2) is 30.3 Å². The van der Waals surface area contributed by atoms with Gasteiger partial charge in [0.25, 0.3) is 0 Å². The summed E-state index contributed by atoms with van der Waals surface area (Å²) in [4.78, 5) is 0. The van der Waals surface area contributed by atoms with Crippen LogP contribution in [0.5, 0.6) is 0 Å². The van der Waals surface area contributed by atoms with E-state index in [1.54, 1.807) is 7.11 Å². The van der Waals surface area contributed by atoms with E-state index in [-0.39, 0.29) is 12.0 Å². The highest BCUT2D eigenvalue weighted by molar-refractivity contribution is 5.20. The monoisotopic (exact) mass is 236 g/mol. The zero-order valence-corrected chi connectivity index (χ0v) is 11.3. The van der Waals surface area contributed by atoms with Crippen LogP contribution in [0.3, 0.4) is 0 Å². The van der Waals surface area contributed by atoms with E-state index in [0.29, 0.717) is 5.92 Å². The van der Waals surface area contributed by atoms with E-state index < -0.39 is 6.10 Å². The molecule has 0 spiro atoms. The number of ether oxygens (including phenoxy) is 1. The van der Waals surface area contributed by atoms with Gasteiger partial charge < -0.3 is 9.84 Å². The van der Waals surface area contributed by atoms with E-state index in [0.717, 1.165) is 12.0 Å². The molecular weight excluding hydrogens is 212 g/mol. The standard InChI is InChI=1S/C15H24O2/c1-11(2)10-14(17-4)15(16)12(3)13-8-6-5-7-9-13/h5-9,11-12,14-16H,10H2,1-4H3/t12-,14+,15+/m0/s1. The molecule has 3 atom stereocenters. The number of aliphatic hydroxyl groups excluding tert-OH is 1. The summed E-state index contributed by atoms with van der Waals surface area (Å²) >= 11 is 0. The molecule has 1 aromatic rings. The van der Waals surface area contributed by atoms with Crippen molar-refractivity contribution in [3.63, 3.8) is 0 Å². The van der Waals surface area contributed by atoms with Crippen LogP contribution in [0.2, 0.25) is 0 Å². The molecule has 0 radical (unpaired) electrons. The van der Waals surface area contributed by atoms with Gasteiger partial charge in [0.15, 0.2) is 0 Å². The molecule has 2 nitrogen and oxygen atoms in total. The average Bonchev–Trinajstić information content (AvgIpc) is 2.35. The molecule has 0 unspecified atom stereocenters. The minimum Gasteiger partial charge on any atom is -0.390 e. The van der Waals surface area contributed by atoms with Crippen molar-refractivity contribution in [3.05, 3.63) is 35.9 Å². The Labute approximate surface area is 105 Å². The number of benzene rings is 1. The minimum atomic E-state index is -0.454. The van der Waals surface area contributed by atoms with Gasteiger partial charge in [-0.3, -0.25) is 0 Å². The molecule has 0 aliphatic carbocycles. The molecule has 0 heterocycles. The van der Waals surface area contributed by atoms with Crippen molar-refractivity contribution >= 4 is 0 Å². The molecule has 1 aromatic carbocycles.